The summed E-state index contributed by atoms with van der Waals surface area (Å²) in [6.45, 7) is 0.208. The molecule has 9 heteroatoms. The molecule has 3 aromatic carbocycles. The standard InChI is InChI=1S/C30H30N4O5/c1-2-20-31-29(36)27(17-18-28(35)39-22-24-9-5-3-6-10-24)32-30(37)38-21-19-23-13-15-26(16-14-23)34-33-25-11-7-4-8-12-25/h1,3-16,27H,17-22H2,(H,31,36)(H,32,37)/t27-/m0/s1. The molecule has 0 aromatic heterocycles. The molecule has 200 valence electrons. The first kappa shape index (κ1) is 28.6. The van der Waals surface area contributed by atoms with Crippen LogP contribution in [0.25, 0.3) is 0 Å². The van der Waals surface area contributed by atoms with Gasteiger partial charge >= 0.3 is 12.1 Å². The van der Waals surface area contributed by atoms with Crippen molar-refractivity contribution >= 4 is 29.3 Å². The van der Waals surface area contributed by atoms with Crippen LogP contribution in [0.4, 0.5) is 16.2 Å². The molecule has 0 bridgehead atoms. The average molecular weight is 527 g/mol. The fraction of sp³-hybridized carbons (Fsp3) is 0.233. The zero-order chi connectivity index (χ0) is 27.7. The Morgan fingerprint density at radius 2 is 1.46 bits per heavy atom. The second kappa shape index (κ2) is 16.0. The molecule has 9 nitrogen and oxygen atoms in total. The molecule has 2 amide bonds. The lowest BCUT2D eigenvalue weighted by Gasteiger charge is -2.17. The van der Waals surface area contributed by atoms with Crippen molar-refractivity contribution < 1.29 is 23.9 Å². The van der Waals surface area contributed by atoms with Crippen LogP contribution in [0, 0.1) is 12.3 Å². The number of amides is 2. The van der Waals surface area contributed by atoms with Crippen LogP contribution in [0.2, 0.25) is 0 Å². The third-order valence-corrected chi connectivity index (χ3v) is 5.45. The van der Waals surface area contributed by atoms with Crippen molar-refractivity contribution in [3.8, 4) is 12.3 Å². The molecule has 0 fully saturated rings. The van der Waals surface area contributed by atoms with Gasteiger partial charge in [-0.1, -0.05) is 66.6 Å². The minimum absolute atomic E-state index is 0.00851. The molecular weight excluding hydrogens is 496 g/mol. The molecule has 1 atom stereocenters. The SMILES string of the molecule is C#CCNC(=O)[C@H](CCC(=O)OCc1ccccc1)NC(=O)OCCc1ccc(N=Nc2ccccc2)cc1. The molecule has 3 aromatic rings. The monoisotopic (exact) mass is 526 g/mol. The smallest absolute Gasteiger partial charge is 0.407 e. The number of nitrogens with one attached hydrogen (secondary N) is 2. The van der Waals surface area contributed by atoms with E-state index < -0.39 is 24.0 Å². The Bertz CT molecular complexity index is 1270. The summed E-state index contributed by atoms with van der Waals surface area (Å²) in [6, 6.07) is 25.0. The van der Waals surface area contributed by atoms with Gasteiger partial charge < -0.3 is 20.1 Å². The minimum Gasteiger partial charge on any atom is -0.461 e. The maximum absolute atomic E-state index is 12.5. The van der Waals surface area contributed by atoms with E-state index in [0.717, 1.165) is 16.8 Å². The molecule has 0 saturated heterocycles. The molecule has 0 unspecified atom stereocenters. The van der Waals surface area contributed by atoms with Gasteiger partial charge in [-0.15, -0.1) is 6.42 Å². The third-order valence-electron chi connectivity index (χ3n) is 5.45. The van der Waals surface area contributed by atoms with Gasteiger partial charge in [0.15, 0.2) is 0 Å². The van der Waals surface area contributed by atoms with Crippen LogP contribution in [0.3, 0.4) is 0 Å². The first-order valence-corrected chi connectivity index (χ1v) is 12.4. The van der Waals surface area contributed by atoms with Crippen LogP contribution in [-0.4, -0.2) is 37.2 Å². The van der Waals surface area contributed by atoms with Crippen molar-refractivity contribution in [2.24, 2.45) is 10.2 Å². The molecule has 39 heavy (non-hydrogen) atoms. The number of esters is 1. The quantitative estimate of drug-likeness (QED) is 0.184. The minimum atomic E-state index is -1.01. The van der Waals surface area contributed by atoms with E-state index in [1.54, 1.807) is 0 Å². The second-order valence-corrected chi connectivity index (χ2v) is 8.39. The van der Waals surface area contributed by atoms with Crippen LogP contribution in [0.5, 0.6) is 0 Å². The summed E-state index contributed by atoms with van der Waals surface area (Å²) in [5.41, 5.74) is 3.24. The number of rotatable bonds is 13. The highest BCUT2D eigenvalue weighted by Crippen LogP contribution is 2.18. The Balaban J connectivity index is 1.43. The zero-order valence-electron chi connectivity index (χ0n) is 21.4. The van der Waals surface area contributed by atoms with E-state index in [9.17, 15) is 14.4 Å². The lowest BCUT2D eigenvalue weighted by molar-refractivity contribution is -0.145. The summed E-state index contributed by atoms with van der Waals surface area (Å²) < 4.78 is 10.5. The highest BCUT2D eigenvalue weighted by molar-refractivity contribution is 5.86. The highest BCUT2D eigenvalue weighted by atomic mass is 16.5. The Labute approximate surface area is 227 Å². The van der Waals surface area contributed by atoms with E-state index in [4.69, 9.17) is 15.9 Å². The Hall–Kier alpha value is -4.97. The lowest BCUT2D eigenvalue weighted by Crippen LogP contribution is -2.47. The number of carbonyl (C=O) groups excluding carboxylic acids is 3. The molecule has 3 rings (SSSR count). The fourth-order valence-electron chi connectivity index (χ4n) is 3.39. The zero-order valence-corrected chi connectivity index (χ0v) is 21.4. The fourth-order valence-corrected chi connectivity index (χ4v) is 3.39. The molecule has 2 N–H and O–H groups in total. The van der Waals surface area contributed by atoms with Crippen LogP contribution in [-0.2, 0) is 32.1 Å². The number of benzene rings is 3. The Kier molecular flexibility index (Phi) is 11.7. The van der Waals surface area contributed by atoms with Crippen molar-refractivity contribution in [3.63, 3.8) is 0 Å². The van der Waals surface area contributed by atoms with Crippen LogP contribution >= 0.6 is 0 Å². The van der Waals surface area contributed by atoms with E-state index >= 15 is 0 Å². The van der Waals surface area contributed by atoms with Crippen molar-refractivity contribution in [2.45, 2.75) is 31.9 Å². The maximum Gasteiger partial charge on any atom is 0.407 e. The number of nitrogens with zero attached hydrogens (tertiary/aromatic N) is 2. The van der Waals surface area contributed by atoms with Crippen LogP contribution in [0.15, 0.2) is 95.2 Å². The van der Waals surface area contributed by atoms with Crippen molar-refractivity contribution in [3.05, 3.63) is 96.1 Å². The summed E-state index contributed by atoms with van der Waals surface area (Å²) in [5, 5.41) is 13.4. The molecule has 0 radical (unpaired) electrons. The first-order valence-electron chi connectivity index (χ1n) is 12.4. The van der Waals surface area contributed by atoms with Crippen molar-refractivity contribution in [1.82, 2.24) is 10.6 Å². The van der Waals surface area contributed by atoms with E-state index in [0.29, 0.717) is 12.1 Å². The number of ether oxygens (including phenoxy) is 2. The van der Waals surface area contributed by atoms with Gasteiger partial charge in [0.05, 0.1) is 24.5 Å². The van der Waals surface area contributed by atoms with Gasteiger partial charge in [0.1, 0.15) is 12.6 Å². The first-order chi connectivity index (χ1) is 19.0. The van der Waals surface area contributed by atoms with E-state index in [1.807, 2.05) is 84.9 Å². The summed E-state index contributed by atoms with van der Waals surface area (Å²) in [6.07, 6.45) is 4.84. The third kappa shape index (κ3) is 10.9. The Morgan fingerprint density at radius 3 is 2.13 bits per heavy atom. The summed E-state index contributed by atoms with van der Waals surface area (Å²) in [7, 11) is 0. The van der Waals surface area contributed by atoms with Gasteiger partial charge in [-0.25, -0.2) is 4.79 Å². The number of alkyl carbamates (subject to hydrolysis) is 1. The number of hydrogen-bond acceptors (Lipinski definition) is 7. The molecule has 0 aliphatic carbocycles. The Morgan fingerprint density at radius 1 is 0.821 bits per heavy atom. The molecular formula is C30H30N4O5. The average Bonchev–Trinajstić information content (AvgIpc) is 2.97. The van der Waals surface area contributed by atoms with Crippen LogP contribution in [0.1, 0.15) is 24.0 Å². The van der Waals surface area contributed by atoms with Gasteiger partial charge in [0, 0.05) is 12.8 Å². The predicted molar refractivity (Wildman–Crippen MR) is 146 cm³/mol. The van der Waals surface area contributed by atoms with Gasteiger partial charge in [0.25, 0.3) is 0 Å². The van der Waals surface area contributed by atoms with Gasteiger partial charge in [-0.3, -0.25) is 9.59 Å². The number of terminal acetylenes is 1. The number of carbonyl (C=O) groups is 3. The van der Waals surface area contributed by atoms with Gasteiger partial charge in [-0.05, 0) is 41.8 Å². The summed E-state index contributed by atoms with van der Waals surface area (Å²) >= 11 is 0. The topological polar surface area (TPSA) is 118 Å². The summed E-state index contributed by atoms with van der Waals surface area (Å²) in [5.74, 6) is 1.30. The molecule has 0 aliphatic heterocycles. The van der Waals surface area contributed by atoms with E-state index in [-0.39, 0.29) is 32.6 Å². The molecule has 0 aliphatic rings. The number of azo groups is 1. The second-order valence-electron chi connectivity index (χ2n) is 8.39. The van der Waals surface area contributed by atoms with E-state index in [1.165, 1.54) is 0 Å². The lowest BCUT2D eigenvalue weighted by atomic mass is 10.1. The molecule has 0 saturated carbocycles. The number of hydrogen-bond donors (Lipinski definition) is 2. The van der Waals surface area contributed by atoms with Crippen molar-refractivity contribution in [1.29, 1.82) is 0 Å². The maximum atomic E-state index is 12.5. The van der Waals surface area contributed by atoms with E-state index in [2.05, 4.69) is 26.8 Å². The van der Waals surface area contributed by atoms with Crippen molar-refractivity contribution in [2.75, 3.05) is 13.2 Å². The van der Waals surface area contributed by atoms with Crippen LogP contribution < -0.4 is 10.6 Å². The molecule has 0 heterocycles. The van der Waals surface area contributed by atoms with Gasteiger partial charge in [0.2, 0.25) is 5.91 Å². The molecule has 0 spiro atoms. The summed E-state index contributed by atoms with van der Waals surface area (Å²) in [4.78, 5) is 37.0. The highest BCUT2D eigenvalue weighted by Gasteiger charge is 2.22. The predicted octanol–water partition coefficient (Wildman–Crippen LogP) is 5.01. The van der Waals surface area contributed by atoms with Gasteiger partial charge in [-0.2, -0.15) is 10.2 Å². The largest absolute Gasteiger partial charge is 0.461 e. The normalized spacial score (nSPS) is 11.3.